The molecule has 1 amide bonds. The monoisotopic (exact) mass is 308 g/mol. The van der Waals surface area contributed by atoms with E-state index in [-0.39, 0.29) is 6.09 Å². The lowest BCUT2D eigenvalue weighted by atomic mass is 10.2. The van der Waals surface area contributed by atoms with Crippen LogP contribution in [0.1, 0.15) is 19.4 Å². The molecule has 0 aromatic heterocycles. The average molecular weight is 308 g/mol. The first-order valence-electron chi connectivity index (χ1n) is 7.58. The summed E-state index contributed by atoms with van der Waals surface area (Å²) < 4.78 is 5.04. The van der Waals surface area contributed by atoms with Crippen LogP contribution in [0.25, 0.3) is 0 Å². The number of thioether (sulfide) groups is 1. The minimum atomic E-state index is -0.182. The van der Waals surface area contributed by atoms with Crippen LogP contribution in [0.15, 0.2) is 29.2 Å². The van der Waals surface area contributed by atoms with Gasteiger partial charge in [-0.25, -0.2) is 4.79 Å². The molecule has 1 aromatic carbocycles. The molecule has 4 nitrogen and oxygen atoms in total. The number of rotatable bonds is 5. The quantitative estimate of drug-likeness (QED) is 0.783. The molecule has 0 N–H and O–H groups in total. The van der Waals surface area contributed by atoms with Crippen molar-refractivity contribution in [3.05, 3.63) is 29.8 Å². The van der Waals surface area contributed by atoms with Crippen LogP contribution in [0.3, 0.4) is 0 Å². The predicted octanol–water partition coefficient (Wildman–Crippen LogP) is 3.07. The van der Waals surface area contributed by atoms with Gasteiger partial charge >= 0.3 is 6.09 Å². The van der Waals surface area contributed by atoms with Crippen LogP contribution in [0, 0.1) is 0 Å². The second kappa shape index (κ2) is 8.29. The van der Waals surface area contributed by atoms with E-state index in [1.165, 1.54) is 10.5 Å². The Labute approximate surface area is 131 Å². The molecule has 2 rings (SSSR count). The van der Waals surface area contributed by atoms with Gasteiger partial charge in [-0.3, -0.25) is 4.90 Å². The van der Waals surface area contributed by atoms with Crippen LogP contribution in [0.2, 0.25) is 0 Å². The minimum Gasteiger partial charge on any atom is -0.450 e. The lowest BCUT2D eigenvalue weighted by Gasteiger charge is -2.34. The highest BCUT2D eigenvalue weighted by Gasteiger charge is 2.21. The molecule has 5 heteroatoms. The van der Waals surface area contributed by atoms with E-state index in [1.807, 2.05) is 18.7 Å². The van der Waals surface area contributed by atoms with Gasteiger partial charge in [0.15, 0.2) is 0 Å². The van der Waals surface area contributed by atoms with Gasteiger partial charge in [-0.15, -0.1) is 11.8 Å². The zero-order chi connectivity index (χ0) is 15.1. The third kappa shape index (κ3) is 4.93. The van der Waals surface area contributed by atoms with E-state index in [2.05, 4.69) is 36.1 Å². The summed E-state index contributed by atoms with van der Waals surface area (Å²) >= 11 is 1.87. The van der Waals surface area contributed by atoms with Crippen LogP contribution in [0.5, 0.6) is 0 Å². The molecule has 1 aliphatic rings. The molecule has 1 aromatic rings. The third-order valence-corrected chi connectivity index (χ3v) is 4.43. The van der Waals surface area contributed by atoms with Gasteiger partial charge in [0, 0.05) is 37.6 Å². The first-order chi connectivity index (χ1) is 10.2. The molecule has 0 spiro atoms. The fraction of sp³-hybridized carbons (Fsp3) is 0.562. The number of hydrogen-bond donors (Lipinski definition) is 0. The molecule has 1 aliphatic heterocycles. The highest BCUT2D eigenvalue weighted by atomic mass is 32.2. The van der Waals surface area contributed by atoms with E-state index >= 15 is 0 Å². The molecular formula is C16H24N2O2S. The molecule has 0 atom stereocenters. The van der Waals surface area contributed by atoms with Crippen molar-refractivity contribution < 1.29 is 9.53 Å². The second-order valence-corrected chi connectivity index (χ2v) is 6.38. The molecule has 116 valence electrons. The van der Waals surface area contributed by atoms with E-state index in [1.54, 1.807) is 4.90 Å². The summed E-state index contributed by atoms with van der Waals surface area (Å²) in [6, 6.07) is 8.79. The summed E-state index contributed by atoms with van der Waals surface area (Å²) in [5, 5.41) is 0. The number of carbonyl (C=O) groups is 1. The van der Waals surface area contributed by atoms with Crippen molar-refractivity contribution in [1.29, 1.82) is 0 Å². The molecule has 1 fully saturated rings. The van der Waals surface area contributed by atoms with Gasteiger partial charge in [-0.05, 0) is 30.4 Å². The van der Waals surface area contributed by atoms with E-state index in [4.69, 9.17) is 4.74 Å². The minimum absolute atomic E-state index is 0.182. The molecule has 0 aliphatic carbocycles. The van der Waals surface area contributed by atoms with Crippen LogP contribution < -0.4 is 0 Å². The molecule has 1 saturated heterocycles. The Morgan fingerprint density at radius 2 is 1.81 bits per heavy atom. The van der Waals surface area contributed by atoms with Crippen molar-refractivity contribution >= 4 is 17.9 Å². The fourth-order valence-electron chi connectivity index (χ4n) is 2.42. The van der Waals surface area contributed by atoms with Gasteiger partial charge in [-0.1, -0.05) is 19.1 Å². The Morgan fingerprint density at radius 3 is 2.38 bits per heavy atom. The molecule has 0 bridgehead atoms. The standard InChI is InChI=1S/C16H24N2O2S/c1-3-20-16(19)18-11-9-17(10-12-18)13-14-5-7-15(8-6-14)21-4-2/h5-8H,3-4,9-13H2,1-2H3. The van der Waals surface area contributed by atoms with E-state index < -0.39 is 0 Å². The zero-order valence-electron chi connectivity index (χ0n) is 12.9. The Kier molecular flexibility index (Phi) is 6.39. The Hall–Kier alpha value is -1.20. The largest absolute Gasteiger partial charge is 0.450 e. The van der Waals surface area contributed by atoms with Crippen molar-refractivity contribution in [2.75, 3.05) is 38.5 Å². The van der Waals surface area contributed by atoms with Gasteiger partial charge in [0.25, 0.3) is 0 Å². The average Bonchev–Trinajstić information content (AvgIpc) is 2.50. The number of amides is 1. The van der Waals surface area contributed by atoms with Crippen LogP contribution in [-0.4, -0.2) is 54.4 Å². The normalized spacial score (nSPS) is 16.0. The topological polar surface area (TPSA) is 32.8 Å². The van der Waals surface area contributed by atoms with Crippen molar-refractivity contribution in [2.24, 2.45) is 0 Å². The number of nitrogens with zero attached hydrogens (tertiary/aromatic N) is 2. The molecule has 21 heavy (non-hydrogen) atoms. The summed E-state index contributed by atoms with van der Waals surface area (Å²) in [5.74, 6) is 1.11. The summed E-state index contributed by atoms with van der Waals surface area (Å²) in [4.78, 5) is 17.2. The number of hydrogen-bond acceptors (Lipinski definition) is 4. The molecule has 0 unspecified atom stereocenters. The van der Waals surface area contributed by atoms with Gasteiger partial charge in [0.2, 0.25) is 0 Å². The highest BCUT2D eigenvalue weighted by Crippen LogP contribution is 2.18. The number of piperazine rings is 1. The first-order valence-corrected chi connectivity index (χ1v) is 8.57. The SMILES string of the molecule is CCOC(=O)N1CCN(Cc2ccc(SCC)cc2)CC1. The maximum Gasteiger partial charge on any atom is 0.409 e. The molecule has 1 heterocycles. The molecule has 0 saturated carbocycles. The molecular weight excluding hydrogens is 284 g/mol. The second-order valence-electron chi connectivity index (χ2n) is 5.04. The van der Waals surface area contributed by atoms with Gasteiger partial charge < -0.3 is 9.64 Å². The van der Waals surface area contributed by atoms with Crippen molar-refractivity contribution in [1.82, 2.24) is 9.80 Å². The predicted molar refractivity (Wildman–Crippen MR) is 86.7 cm³/mol. The van der Waals surface area contributed by atoms with Crippen molar-refractivity contribution in [3.63, 3.8) is 0 Å². The van der Waals surface area contributed by atoms with Crippen LogP contribution in [-0.2, 0) is 11.3 Å². The number of ether oxygens (including phenoxy) is 1. The van der Waals surface area contributed by atoms with Gasteiger partial charge in [0.05, 0.1) is 6.61 Å². The number of benzene rings is 1. The van der Waals surface area contributed by atoms with E-state index in [0.29, 0.717) is 6.61 Å². The van der Waals surface area contributed by atoms with Crippen LogP contribution >= 0.6 is 11.8 Å². The summed E-state index contributed by atoms with van der Waals surface area (Å²) in [6.45, 7) is 8.73. The lowest BCUT2D eigenvalue weighted by molar-refractivity contribution is 0.0778. The molecule has 0 radical (unpaired) electrons. The number of carbonyl (C=O) groups excluding carboxylic acids is 1. The maximum absolute atomic E-state index is 11.6. The van der Waals surface area contributed by atoms with Crippen molar-refractivity contribution in [3.8, 4) is 0 Å². The Morgan fingerprint density at radius 1 is 1.14 bits per heavy atom. The van der Waals surface area contributed by atoms with E-state index in [0.717, 1.165) is 38.5 Å². The first kappa shape index (κ1) is 16.2. The fourth-order valence-corrected chi connectivity index (χ4v) is 3.08. The summed E-state index contributed by atoms with van der Waals surface area (Å²) in [6.07, 6.45) is -0.182. The van der Waals surface area contributed by atoms with Gasteiger partial charge in [-0.2, -0.15) is 0 Å². The van der Waals surface area contributed by atoms with Crippen LogP contribution in [0.4, 0.5) is 4.79 Å². The summed E-state index contributed by atoms with van der Waals surface area (Å²) in [7, 11) is 0. The third-order valence-electron chi connectivity index (χ3n) is 3.54. The smallest absolute Gasteiger partial charge is 0.409 e. The lowest BCUT2D eigenvalue weighted by Crippen LogP contribution is -2.48. The Bertz CT molecular complexity index is 442. The van der Waals surface area contributed by atoms with Crippen molar-refractivity contribution in [2.45, 2.75) is 25.3 Å². The highest BCUT2D eigenvalue weighted by molar-refractivity contribution is 7.99. The maximum atomic E-state index is 11.6. The zero-order valence-corrected chi connectivity index (χ0v) is 13.7. The van der Waals surface area contributed by atoms with E-state index in [9.17, 15) is 4.79 Å². The Balaban J connectivity index is 1.79. The summed E-state index contributed by atoms with van der Waals surface area (Å²) in [5.41, 5.74) is 1.33. The van der Waals surface area contributed by atoms with Gasteiger partial charge in [0.1, 0.15) is 0 Å².